The number of nitrogens with one attached hydrogen (secondary N) is 2. The van der Waals surface area contributed by atoms with Gasteiger partial charge >= 0.3 is 6.18 Å². The lowest BCUT2D eigenvalue weighted by Gasteiger charge is -2.30. The first-order chi connectivity index (χ1) is 17.1. The Balaban J connectivity index is 1.33. The maximum Gasteiger partial charge on any atom is 0.396 e. The summed E-state index contributed by atoms with van der Waals surface area (Å²) >= 11 is 0. The summed E-state index contributed by atoms with van der Waals surface area (Å²) in [7, 11) is 2.10. The van der Waals surface area contributed by atoms with Gasteiger partial charge in [-0.3, -0.25) is 0 Å². The van der Waals surface area contributed by atoms with Gasteiger partial charge < -0.3 is 19.8 Å². The van der Waals surface area contributed by atoms with E-state index in [1.54, 1.807) is 12.4 Å². The first-order valence-corrected chi connectivity index (χ1v) is 12.2. The Morgan fingerprint density at radius 2 is 1.92 bits per heavy atom. The maximum absolute atomic E-state index is 15.2. The zero-order chi connectivity index (χ0) is 25.2. The molecular formula is C25H27F4N7. The predicted molar refractivity (Wildman–Crippen MR) is 129 cm³/mol. The molecule has 36 heavy (non-hydrogen) atoms. The van der Waals surface area contributed by atoms with Crippen LogP contribution >= 0.6 is 0 Å². The lowest BCUT2D eigenvalue weighted by Crippen LogP contribution is -2.31. The Bertz CT molecular complexity index is 1440. The molecular weight excluding hydrogens is 474 g/mol. The average Bonchev–Trinajstić information content (AvgIpc) is 3.42. The van der Waals surface area contributed by atoms with Gasteiger partial charge in [-0.2, -0.15) is 18.2 Å². The number of alkyl halides is 3. The number of rotatable bonds is 5. The Kier molecular flexibility index (Phi) is 5.26. The SMILES string of the molecule is Cc1nc2c(F)cc(-c3c[nH]c4nc(NCC5(C(F)(F)F)CC5)ncc34)cc2n1C1CCN(C)CC1. The van der Waals surface area contributed by atoms with Crippen LogP contribution in [0, 0.1) is 18.2 Å². The number of H-pyrrole nitrogens is 1. The van der Waals surface area contributed by atoms with Crippen molar-refractivity contribution >= 4 is 28.0 Å². The van der Waals surface area contributed by atoms with E-state index >= 15 is 4.39 Å². The molecule has 190 valence electrons. The van der Waals surface area contributed by atoms with Crippen molar-refractivity contribution in [1.29, 1.82) is 0 Å². The number of anilines is 1. The molecule has 4 heterocycles. The molecule has 1 saturated carbocycles. The van der Waals surface area contributed by atoms with Crippen molar-refractivity contribution in [2.24, 2.45) is 5.41 Å². The highest BCUT2D eigenvalue weighted by Crippen LogP contribution is 2.57. The van der Waals surface area contributed by atoms with Crippen molar-refractivity contribution in [3.63, 3.8) is 0 Å². The highest BCUT2D eigenvalue weighted by molar-refractivity contribution is 5.96. The van der Waals surface area contributed by atoms with Gasteiger partial charge in [0.25, 0.3) is 0 Å². The summed E-state index contributed by atoms with van der Waals surface area (Å²) < 4.78 is 57.0. The molecule has 7 nitrogen and oxygen atoms in total. The van der Waals surface area contributed by atoms with E-state index in [0.29, 0.717) is 22.1 Å². The molecule has 3 aromatic heterocycles. The number of hydrogen-bond acceptors (Lipinski definition) is 5. The molecule has 6 rings (SSSR count). The van der Waals surface area contributed by atoms with Crippen molar-refractivity contribution in [2.45, 2.75) is 44.8 Å². The van der Waals surface area contributed by atoms with Gasteiger partial charge in [-0.05, 0) is 70.4 Å². The van der Waals surface area contributed by atoms with E-state index in [1.165, 1.54) is 6.07 Å². The first kappa shape index (κ1) is 23.2. The highest BCUT2D eigenvalue weighted by Gasteiger charge is 2.63. The smallest absolute Gasteiger partial charge is 0.353 e. The number of likely N-dealkylation sites (tertiary alicyclic amines) is 1. The number of hydrogen-bond donors (Lipinski definition) is 2. The van der Waals surface area contributed by atoms with Gasteiger partial charge in [0.15, 0.2) is 5.82 Å². The zero-order valence-corrected chi connectivity index (χ0v) is 20.1. The second-order valence-corrected chi connectivity index (χ2v) is 10.2. The number of benzene rings is 1. The molecule has 11 heteroatoms. The lowest BCUT2D eigenvalue weighted by atomic mass is 10.0. The van der Waals surface area contributed by atoms with Crippen LogP contribution in [0.4, 0.5) is 23.5 Å². The number of aromatic amines is 1. The van der Waals surface area contributed by atoms with Gasteiger partial charge in [-0.1, -0.05) is 0 Å². The quantitative estimate of drug-likeness (QED) is 0.356. The molecule has 0 atom stereocenters. The molecule has 0 spiro atoms. The van der Waals surface area contributed by atoms with Crippen LogP contribution in [0.2, 0.25) is 0 Å². The summed E-state index contributed by atoms with van der Waals surface area (Å²) in [5.41, 5.74) is 1.29. The number of halogens is 4. The summed E-state index contributed by atoms with van der Waals surface area (Å²) in [6.45, 7) is 3.62. The standard InChI is InChI=1S/C25H27F4N7/c1-14-33-21-19(26)9-15(10-20(21)36(14)16-3-7-35(2)8-4-16)17-11-30-22-18(17)12-31-23(34-22)32-13-24(5-6-24)25(27,28)29/h9-12,16H,3-8,13H2,1-2H3,(H2,30,31,32,34). The minimum atomic E-state index is -4.25. The van der Waals surface area contributed by atoms with Crippen LogP contribution in [-0.4, -0.2) is 62.3 Å². The third kappa shape index (κ3) is 3.80. The number of aryl methyl sites for hydroxylation is 1. The molecule has 4 aromatic rings. The van der Waals surface area contributed by atoms with Gasteiger partial charge in [0, 0.05) is 35.9 Å². The van der Waals surface area contributed by atoms with Crippen LogP contribution in [0.3, 0.4) is 0 Å². The summed E-state index contributed by atoms with van der Waals surface area (Å²) in [4.78, 5) is 18.5. The van der Waals surface area contributed by atoms with Crippen molar-refractivity contribution < 1.29 is 17.6 Å². The minimum absolute atomic E-state index is 0.111. The molecule has 1 aliphatic heterocycles. The first-order valence-electron chi connectivity index (χ1n) is 12.2. The molecule has 2 aliphatic rings. The van der Waals surface area contributed by atoms with Crippen LogP contribution in [0.15, 0.2) is 24.5 Å². The fourth-order valence-corrected chi connectivity index (χ4v) is 5.33. The third-order valence-corrected chi connectivity index (χ3v) is 7.76. The van der Waals surface area contributed by atoms with Crippen molar-refractivity contribution in [3.8, 4) is 11.1 Å². The number of piperidine rings is 1. The van der Waals surface area contributed by atoms with E-state index in [-0.39, 0.29) is 31.4 Å². The number of nitrogens with zero attached hydrogens (tertiary/aromatic N) is 5. The van der Waals surface area contributed by atoms with E-state index in [4.69, 9.17) is 0 Å². The van der Waals surface area contributed by atoms with E-state index in [9.17, 15) is 13.2 Å². The molecule has 1 aliphatic carbocycles. The van der Waals surface area contributed by atoms with Gasteiger partial charge in [-0.25, -0.2) is 14.4 Å². The Labute approximate surface area is 204 Å². The summed E-state index contributed by atoms with van der Waals surface area (Å²) in [5, 5.41) is 3.41. The monoisotopic (exact) mass is 501 g/mol. The topological polar surface area (TPSA) is 74.7 Å². The van der Waals surface area contributed by atoms with Crippen LogP contribution in [0.25, 0.3) is 33.2 Å². The number of aromatic nitrogens is 5. The normalized spacial score (nSPS) is 18.8. The summed E-state index contributed by atoms with van der Waals surface area (Å²) in [5.74, 6) is 0.526. The van der Waals surface area contributed by atoms with Crippen molar-refractivity contribution in [3.05, 3.63) is 36.2 Å². The number of fused-ring (bicyclic) bond motifs is 2. The largest absolute Gasteiger partial charge is 0.396 e. The molecule has 2 fully saturated rings. The van der Waals surface area contributed by atoms with Gasteiger partial charge in [-0.15, -0.1) is 0 Å². The Morgan fingerprint density at radius 3 is 2.61 bits per heavy atom. The van der Waals surface area contributed by atoms with Gasteiger partial charge in [0.05, 0.1) is 10.9 Å². The second-order valence-electron chi connectivity index (χ2n) is 10.2. The fraction of sp³-hybridized carbons (Fsp3) is 0.480. The van der Waals surface area contributed by atoms with E-state index in [1.807, 2.05) is 13.0 Å². The third-order valence-electron chi connectivity index (χ3n) is 7.76. The summed E-state index contributed by atoms with van der Waals surface area (Å²) in [6.07, 6.45) is 1.21. The minimum Gasteiger partial charge on any atom is -0.353 e. The molecule has 0 radical (unpaired) electrons. The van der Waals surface area contributed by atoms with Crippen molar-refractivity contribution in [2.75, 3.05) is 32.0 Å². The molecule has 0 amide bonds. The van der Waals surface area contributed by atoms with Crippen molar-refractivity contribution in [1.82, 2.24) is 29.4 Å². The second kappa shape index (κ2) is 8.16. The molecule has 0 unspecified atom stereocenters. The molecule has 0 bridgehead atoms. The molecule has 2 N–H and O–H groups in total. The van der Waals surface area contributed by atoms with E-state index in [0.717, 1.165) is 42.8 Å². The Hall–Kier alpha value is -3.21. The highest BCUT2D eigenvalue weighted by atomic mass is 19.4. The van der Waals surface area contributed by atoms with Crippen LogP contribution in [-0.2, 0) is 0 Å². The predicted octanol–water partition coefficient (Wildman–Crippen LogP) is 5.44. The number of imidazole rings is 1. The summed E-state index contributed by atoms with van der Waals surface area (Å²) in [6, 6.07) is 3.67. The van der Waals surface area contributed by atoms with Crippen LogP contribution < -0.4 is 5.32 Å². The van der Waals surface area contributed by atoms with E-state index < -0.39 is 17.4 Å². The fourth-order valence-electron chi connectivity index (χ4n) is 5.33. The Morgan fingerprint density at radius 1 is 1.17 bits per heavy atom. The maximum atomic E-state index is 15.2. The van der Waals surface area contributed by atoms with Gasteiger partial charge in [0.1, 0.15) is 17.0 Å². The van der Waals surface area contributed by atoms with E-state index in [2.05, 4.69) is 41.8 Å². The lowest BCUT2D eigenvalue weighted by molar-refractivity contribution is -0.182. The zero-order valence-electron chi connectivity index (χ0n) is 20.1. The molecule has 1 saturated heterocycles. The molecule has 1 aromatic carbocycles. The van der Waals surface area contributed by atoms with Gasteiger partial charge in [0.2, 0.25) is 5.95 Å². The van der Waals surface area contributed by atoms with Crippen LogP contribution in [0.5, 0.6) is 0 Å². The van der Waals surface area contributed by atoms with Crippen LogP contribution in [0.1, 0.15) is 37.5 Å². The average molecular weight is 502 g/mol.